The maximum absolute atomic E-state index is 13.3. The molecule has 0 aliphatic carbocycles. The van der Waals surface area contributed by atoms with Gasteiger partial charge in [0.25, 0.3) is 0 Å². The van der Waals surface area contributed by atoms with Gasteiger partial charge < -0.3 is 14.2 Å². The third kappa shape index (κ3) is 3.65. The Morgan fingerprint density at radius 3 is 2.00 bits per heavy atom. The van der Waals surface area contributed by atoms with Crippen LogP contribution in [0.15, 0.2) is 30.3 Å². The average Bonchev–Trinajstić information content (AvgIpc) is 2.59. The molecule has 0 fully saturated rings. The Labute approximate surface area is 146 Å². The Morgan fingerprint density at radius 2 is 1.52 bits per heavy atom. The fraction of sp³-hybridized carbons (Fsp3) is 0.250. The maximum atomic E-state index is 13.3. The third-order valence-electron chi connectivity index (χ3n) is 3.95. The fourth-order valence-corrected chi connectivity index (χ4v) is 2.87. The molecule has 5 heteroatoms. The summed E-state index contributed by atoms with van der Waals surface area (Å²) < 4.78 is 29.5. The van der Waals surface area contributed by atoms with Crippen LogP contribution in [0.4, 0.5) is 4.39 Å². The molecule has 0 spiro atoms. The average molecular weight is 344 g/mol. The van der Waals surface area contributed by atoms with Gasteiger partial charge in [0.1, 0.15) is 28.6 Å². The largest absolute Gasteiger partial charge is 0.496 e. The van der Waals surface area contributed by atoms with Crippen molar-refractivity contribution < 1.29 is 23.4 Å². The lowest BCUT2D eigenvalue weighted by Gasteiger charge is -2.19. The summed E-state index contributed by atoms with van der Waals surface area (Å²) in [5, 5.41) is 0. The van der Waals surface area contributed by atoms with Gasteiger partial charge in [-0.25, -0.2) is 4.39 Å². The van der Waals surface area contributed by atoms with Crippen LogP contribution in [0.5, 0.6) is 17.2 Å². The number of ketones is 1. The Kier molecular flexibility index (Phi) is 5.80. The highest BCUT2D eigenvalue weighted by molar-refractivity contribution is 6.11. The number of carbonyl (C=O) groups is 1. The van der Waals surface area contributed by atoms with Crippen molar-refractivity contribution in [1.82, 2.24) is 0 Å². The molecule has 0 aliphatic heterocycles. The number of allylic oxidation sites excluding steroid dienone is 1. The summed E-state index contributed by atoms with van der Waals surface area (Å²) in [6.45, 7) is 3.63. The molecule has 0 aromatic heterocycles. The first-order valence-corrected chi connectivity index (χ1v) is 7.71. The molecule has 2 rings (SSSR count). The number of methoxy groups -OCH3 is 3. The number of rotatable bonds is 6. The van der Waals surface area contributed by atoms with Crippen LogP contribution in [-0.4, -0.2) is 27.1 Å². The zero-order chi connectivity index (χ0) is 18.6. The predicted octanol–water partition coefficient (Wildman–Crippen LogP) is 4.36. The molecule has 25 heavy (non-hydrogen) atoms. The molecular weight excluding hydrogens is 323 g/mol. The van der Waals surface area contributed by atoms with E-state index in [9.17, 15) is 9.18 Å². The van der Waals surface area contributed by atoms with E-state index < -0.39 is 0 Å². The third-order valence-corrected chi connectivity index (χ3v) is 3.95. The number of halogens is 1. The zero-order valence-corrected chi connectivity index (χ0v) is 15.0. The lowest BCUT2D eigenvalue weighted by Crippen LogP contribution is -2.08. The Balaban J connectivity index is 2.55. The molecule has 4 nitrogen and oxygen atoms in total. The molecule has 0 aliphatic rings. The molecule has 0 N–H and O–H groups in total. The van der Waals surface area contributed by atoms with Crippen LogP contribution in [-0.2, 0) is 0 Å². The monoisotopic (exact) mass is 344 g/mol. The number of carbonyl (C=O) groups excluding carboxylic acids is 1. The van der Waals surface area contributed by atoms with Gasteiger partial charge in [-0.15, -0.1) is 0 Å². The van der Waals surface area contributed by atoms with Gasteiger partial charge in [0, 0.05) is 11.1 Å². The van der Waals surface area contributed by atoms with E-state index in [0.29, 0.717) is 39.5 Å². The van der Waals surface area contributed by atoms with Crippen LogP contribution in [0.3, 0.4) is 0 Å². The van der Waals surface area contributed by atoms with Crippen molar-refractivity contribution in [2.75, 3.05) is 21.3 Å². The zero-order valence-electron chi connectivity index (χ0n) is 15.0. The van der Waals surface area contributed by atoms with E-state index in [2.05, 4.69) is 0 Å². The number of hydrogen-bond acceptors (Lipinski definition) is 4. The molecule has 0 saturated heterocycles. The van der Waals surface area contributed by atoms with E-state index in [0.717, 1.165) is 0 Å². The highest BCUT2D eigenvalue weighted by Crippen LogP contribution is 2.43. The van der Waals surface area contributed by atoms with E-state index in [1.165, 1.54) is 32.4 Å². The summed E-state index contributed by atoms with van der Waals surface area (Å²) in [6, 6.07) is 6.00. The first-order valence-electron chi connectivity index (χ1n) is 7.71. The van der Waals surface area contributed by atoms with Crippen molar-refractivity contribution in [1.29, 1.82) is 0 Å². The van der Waals surface area contributed by atoms with Crippen molar-refractivity contribution in [3.05, 3.63) is 58.4 Å². The first-order chi connectivity index (χ1) is 11.9. The van der Waals surface area contributed by atoms with Crippen molar-refractivity contribution in [2.24, 2.45) is 0 Å². The molecule has 2 aromatic rings. The molecule has 0 unspecified atom stereocenters. The summed E-state index contributed by atoms with van der Waals surface area (Å²) in [5.74, 6) is 0.744. The second-order valence-electron chi connectivity index (χ2n) is 5.48. The molecule has 0 radical (unpaired) electrons. The van der Waals surface area contributed by atoms with Gasteiger partial charge >= 0.3 is 0 Å². The molecule has 0 bridgehead atoms. The summed E-state index contributed by atoms with van der Waals surface area (Å²) in [4.78, 5) is 12.8. The molecule has 0 atom stereocenters. The minimum Gasteiger partial charge on any atom is -0.496 e. The lowest BCUT2D eigenvalue weighted by atomic mass is 9.98. The smallest absolute Gasteiger partial charge is 0.193 e. The van der Waals surface area contributed by atoms with Crippen molar-refractivity contribution in [2.45, 2.75) is 13.8 Å². The molecular formula is C20H21FO4. The normalized spacial score (nSPS) is 10.8. The topological polar surface area (TPSA) is 44.8 Å². The summed E-state index contributed by atoms with van der Waals surface area (Å²) in [5.41, 5.74) is 2.33. The van der Waals surface area contributed by atoms with Gasteiger partial charge in [0.15, 0.2) is 5.78 Å². The van der Waals surface area contributed by atoms with Crippen molar-refractivity contribution in [3.63, 3.8) is 0 Å². The Bertz CT molecular complexity index is 794. The van der Waals surface area contributed by atoms with Gasteiger partial charge in [-0.3, -0.25) is 4.79 Å². The van der Waals surface area contributed by atoms with Crippen LogP contribution in [0.1, 0.15) is 27.0 Å². The molecule has 0 heterocycles. The summed E-state index contributed by atoms with van der Waals surface area (Å²) in [6.07, 6.45) is 2.93. The van der Waals surface area contributed by atoms with Crippen LogP contribution in [0.2, 0.25) is 0 Å². The van der Waals surface area contributed by atoms with E-state index in [-0.39, 0.29) is 11.6 Å². The molecule has 0 amide bonds. The quantitative estimate of drug-likeness (QED) is 0.577. The van der Waals surface area contributed by atoms with Crippen LogP contribution in [0, 0.1) is 19.7 Å². The van der Waals surface area contributed by atoms with Crippen LogP contribution >= 0.6 is 0 Å². The van der Waals surface area contributed by atoms with E-state index in [4.69, 9.17) is 14.2 Å². The standard InChI is InChI=1S/C20H21FO4/c1-12-18(23-3)13(2)20(25-5)17(19(12)24-4)16(22)10-9-14-7-6-8-15(21)11-14/h6-11H,1-5H3. The van der Waals surface area contributed by atoms with Gasteiger partial charge in [0.05, 0.1) is 21.3 Å². The number of benzene rings is 2. The highest BCUT2D eigenvalue weighted by Gasteiger charge is 2.25. The van der Waals surface area contributed by atoms with E-state index in [1.807, 2.05) is 13.8 Å². The minimum absolute atomic E-state index is 0.299. The Morgan fingerprint density at radius 1 is 0.960 bits per heavy atom. The Hall–Kier alpha value is -2.82. The van der Waals surface area contributed by atoms with Crippen molar-refractivity contribution in [3.8, 4) is 17.2 Å². The number of hydrogen-bond donors (Lipinski definition) is 0. The number of ether oxygens (including phenoxy) is 3. The van der Waals surface area contributed by atoms with Crippen LogP contribution in [0.25, 0.3) is 6.08 Å². The second-order valence-corrected chi connectivity index (χ2v) is 5.48. The molecule has 132 valence electrons. The van der Waals surface area contributed by atoms with Gasteiger partial charge in [-0.2, -0.15) is 0 Å². The van der Waals surface area contributed by atoms with E-state index in [1.54, 1.807) is 25.3 Å². The maximum Gasteiger partial charge on any atom is 0.193 e. The lowest BCUT2D eigenvalue weighted by molar-refractivity contribution is 0.104. The van der Waals surface area contributed by atoms with E-state index >= 15 is 0 Å². The van der Waals surface area contributed by atoms with Crippen molar-refractivity contribution >= 4 is 11.9 Å². The first kappa shape index (κ1) is 18.5. The summed E-state index contributed by atoms with van der Waals surface area (Å²) in [7, 11) is 4.53. The van der Waals surface area contributed by atoms with Gasteiger partial charge in [0.2, 0.25) is 0 Å². The molecule has 0 saturated carbocycles. The molecule has 2 aromatic carbocycles. The van der Waals surface area contributed by atoms with Gasteiger partial charge in [-0.05, 0) is 37.6 Å². The highest BCUT2D eigenvalue weighted by atomic mass is 19.1. The van der Waals surface area contributed by atoms with Crippen LogP contribution < -0.4 is 14.2 Å². The SMILES string of the molecule is COc1c(C)c(OC)c(C(=O)C=Cc2cccc(F)c2)c(OC)c1C. The minimum atomic E-state index is -0.360. The summed E-state index contributed by atoms with van der Waals surface area (Å²) >= 11 is 0. The fourth-order valence-electron chi connectivity index (χ4n) is 2.87. The predicted molar refractivity (Wildman–Crippen MR) is 95.3 cm³/mol. The van der Waals surface area contributed by atoms with Gasteiger partial charge in [-0.1, -0.05) is 18.2 Å². The second kappa shape index (κ2) is 7.83.